The van der Waals surface area contributed by atoms with Gasteiger partial charge in [0.1, 0.15) is 0 Å². The van der Waals surface area contributed by atoms with E-state index in [2.05, 4.69) is 10.2 Å². The summed E-state index contributed by atoms with van der Waals surface area (Å²) in [6, 6.07) is 5.89. The average Bonchev–Trinajstić information content (AvgIpc) is 3.05. The Balaban J connectivity index is 1.43. The number of benzene rings is 1. The van der Waals surface area contributed by atoms with Crippen LogP contribution in [0.4, 0.5) is 11.4 Å². The van der Waals surface area contributed by atoms with E-state index >= 15 is 0 Å². The summed E-state index contributed by atoms with van der Waals surface area (Å²) >= 11 is 5.91. The summed E-state index contributed by atoms with van der Waals surface area (Å²) in [4.78, 5) is 14.5. The molecule has 4 nitrogen and oxygen atoms in total. The lowest BCUT2D eigenvalue weighted by Crippen LogP contribution is -2.33. The van der Waals surface area contributed by atoms with E-state index in [-0.39, 0.29) is 5.91 Å². The Morgan fingerprint density at radius 2 is 2.29 bits per heavy atom. The fourth-order valence-electron chi connectivity index (χ4n) is 3.59. The number of nitrogens with one attached hydrogen (secondary N) is 1. The van der Waals surface area contributed by atoms with Crippen LogP contribution in [0.5, 0.6) is 0 Å². The predicted octanol–water partition coefficient (Wildman–Crippen LogP) is 3.13. The second-order valence-corrected chi connectivity index (χ2v) is 6.65. The number of nitrogen functional groups attached to an aromatic ring is 1. The molecule has 0 radical (unpaired) electrons. The number of nitrogens with zero attached hydrogens (tertiary/aromatic N) is 1. The third-order valence-electron chi connectivity index (χ3n) is 4.66. The fraction of sp³-hybridized carbons (Fsp3) is 0.562. The minimum Gasteiger partial charge on any atom is -0.397 e. The molecule has 2 fully saturated rings. The maximum absolute atomic E-state index is 12.0. The van der Waals surface area contributed by atoms with Crippen LogP contribution in [0.25, 0.3) is 0 Å². The van der Waals surface area contributed by atoms with Gasteiger partial charge in [-0.05, 0) is 56.3 Å². The lowest BCUT2D eigenvalue weighted by Gasteiger charge is -2.26. The van der Waals surface area contributed by atoms with Crippen molar-refractivity contribution >= 4 is 28.9 Å². The molecule has 1 amide bonds. The monoisotopic (exact) mass is 307 g/mol. The zero-order chi connectivity index (χ0) is 14.8. The maximum Gasteiger partial charge on any atom is 0.224 e. The van der Waals surface area contributed by atoms with E-state index < -0.39 is 0 Å². The summed E-state index contributed by atoms with van der Waals surface area (Å²) in [5, 5.41) is 3.42. The van der Waals surface area contributed by atoms with E-state index in [9.17, 15) is 4.79 Å². The number of rotatable bonds is 5. The van der Waals surface area contributed by atoms with Crippen molar-refractivity contribution in [2.75, 3.05) is 24.1 Å². The summed E-state index contributed by atoms with van der Waals surface area (Å²) in [6.45, 7) is 2.26. The van der Waals surface area contributed by atoms with Crippen molar-refractivity contribution in [2.24, 2.45) is 5.92 Å². The Labute approximate surface area is 130 Å². The van der Waals surface area contributed by atoms with Gasteiger partial charge in [0.25, 0.3) is 0 Å². The van der Waals surface area contributed by atoms with Crippen molar-refractivity contribution in [3.63, 3.8) is 0 Å². The number of hydrogen-bond donors (Lipinski definition) is 2. The molecule has 2 aliphatic rings. The zero-order valence-electron chi connectivity index (χ0n) is 12.1. The van der Waals surface area contributed by atoms with Gasteiger partial charge >= 0.3 is 0 Å². The first-order valence-electron chi connectivity index (χ1n) is 7.71. The normalized spacial score (nSPS) is 24.4. The number of carbonyl (C=O) groups excluding carboxylic acids is 1. The quantitative estimate of drug-likeness (QED) is 0.822. The minimum absolute atomic E-state index is 0.00771. The number of fused-ring (bicyclic) bond motifs is 2. The van der Waals surface area contributed by atoms with E-state index in [4.69, 9.17) is 17.3 Å². The largest absolute Gasteiger partial charge is 0.397 e. The standard InChI is InChI=1S/C16H22ClN3O/c17-12-4-6-14(18)15(9-12)19-16(21)2-1-7-20-10-11-3-5-13(20)8-11/h4,6,9,11,13H,1-3,5,7-8,10,18H2,(H,19,21). The first kappa shape index (κ1) is 14.7. The van der Waals surface area contributed by atoms with Crippen molar-refractivity contribution in [1.29, 1.82) is 0 Å². The number of nitrogens with two attached hydrogens (primary N) is 1. The molecule has 3 rings (SSSR count). The zero-order valence-corrected chi connectivity index (χ0v) is 12.9. The highest BCUT2D eigenvalue weighted by Crippen LogP contribution is 2.37. The summed E-state index contributed by atoms with van der Waals surface area (Å²) in [5.41, 5.74) is 6.98. The number of likely N-dealkylation sites (tertiary alicyclic amines) is 1. The van der Waals surface area contributed by atoms with Crippen LogP contribution < -0.4 is 11.1 Å². The maximum atomic E-state index is 12.0. The molecule has 5 heteroatoms. The molecule has 3 N–H and O–H groups in total. The highest BCUT2D eigenvalue weighted by Gasteiger charge is 2.37. The molecule has 1 aliphatic carbocycles. The molecule has 1 aliphatic heterocycles. The van der Waals surface area contributed by atoms with Crippen LogP contribution >= 0.6 is 11.6 Å². The van der Waals surface area contributed by atoms with E-state index in [1.807, 2.05) is 0 Å². The first-order valence-corrected chi connectivity index (χ1v) is 8.08. The van der Waals surface area contributed by atoms with Crippen LogP contribution in [0.2, 0.25) is 5.02 Å². The SMILES string of the molecule is Nc1ccc(Cl)cc1NC(=O)CCCN1CC2CCC1C2. The fourth-order valence-corrected chi connectivity index (χ4v) is 3.76. The molecular weight excluding hydrogens is 286 g/mol. The smallest absolute Gasteiger partial charge is 0.224 e. The van der Waals surface area contributed by atoms with Crippen molar-refractivity contribution in [2.45, 2.75) is 38.1 Å². The predicted molar refractivity (Wildman–Crippen MR) is 86.4 cm³/mol. The summed E-state index contributed by atoms with van der Waals surface area (Å²) in [6.07, 6.45) is 5.53. The molecule has 1 saturated heterocycles. The highest BCUT2D eigenvalue weighted by molar-refractivity contribution is 6.31. The van der Waals surface area contributed by atoms with E-state index in [0.717, 1.165) is 24.9 Å². The van der Waals surface area contributed by atoms with Gasteiger partial charge in [-0.15, -0.1) is 0 Å². The Hall–Kier alpha value is -1.26. The summed E-state index contributed by atoms with van der Waals surface area (Å²) in [7, 11) is 0. The molecule has 21 heavy (non-hydrogen) atoms. The molecule has 1 aromatic rings. The average molecular weight is 308 g/mol. The van der Waals surface area contributed by atoms with E-state index in [1.54, 1.807) is 18.2 Å². The van der Waals surface area contributed by atoms with Crippen molar-refractivity contribution < 1.29 is 4.79 Å². The second kappa shape index (κ2) is 6.24. The number of anilines is 2. The summed E-state index contributed by atoms with van der Waals surface area (Å²) < 4.78 is 0. The Bertz CT molecular complexity index is 534. The van der Waals surface area contributed by atoms with Crippen LogP contribution in [0.15, 0.2) is 18.2 Å². The van der Waals surface area contributed by atoms with E-state index in [1.165, 1.54) is 25.8 Å². The number of piperidine rings is 1. The first-order chi connectivity index (χ1) is 10.1. The Morgan fingerprint density at radius 1 is 1.43 bits per heavy atom. The Kier molecular flexibility index (Phi) is 4.36. The van der Waals surface area contributed by atoms with Gasteiger partial charge in [0, 0.05) is 24.0 Å². The van der Waals surface area contributed by atoms with Crippen LogP contribution in [0, 0.1) is 5.92 Å². The molecule has 2 bridgehead atoms. The molecule has 0 spiro atoms. The van der Waals surface area contributed by atoms with Gasteiger partial charge in [0.05, 0.1) is 11.4 Å². The van der Waals surface area contributed by atoms with Gasteiger partial charge in [0.2, 0.25) is 5.91 Å². The van der Waals surface area contributed by atoms with Gasteiger partial charge in [-0.3, -0.25) is 4.79 Å². The lowest BCUT2D eigenvalue weighted by molar-refractivity contribution is -0.116. The minimum atomic E-state index is 0.00771. The van der Waals surface area contributed by atoms with Gasteiger partial charge < -0.3 is 16.0 Å². The van der Waals surface area contributed by atoms with E-state index in [0.29, 0.717) is 22.8 Å². The number of halogens is 1. The molecule has 1 heterocycles. The summed E-state index contributed by atoms with van der Waals surface area (Å²) in [5.74, 6) is 0.920. The molecule has 114 valence electrons. The third kappa shape index (κ3) is 3.50. The lowest BCUT2D eigenvalue weighted by atomic mass is 10.1. The van der Waals surface area contributed by atoms with Gasteiger partial charge in [-0.2, -0.15) is 0 Å². The van der Waals surface area contributed by atoms with Crippen LogP contribution in [-0.2, 0) is 4.79 Å². The van der Waals surface area contributed by atoms with Gasteiger partial charge in [0.15, 0.2) is 0 Å². The number of amides is 1. The highest BCUT2D eigenvalue weighted by atomic mass is 35.5. The van der Waals surface area contributed by atoms with Gasteiger partial charge in [-0.1, -0.05) is 11.6 Å². The van der Waals surface area contributed by atoms with Crippen LogP contribution in [-0.4, -0.2) is 29.9 Å². The molecule has 2 atom stereocenters. The third-order valence-corrected chi connectivity index (χ3v) is 4.90. The number of hydrogen-bond acceptors (Lipinski definition) is 3. The molecule has 0 aromatic heterocycles. The second-order valence-electron chi connectivity index (χ2n) is 6.21. The number of carbonyl (C=O) groups is 1. The van der Waals surface area contributed by atoms with Crippen molar-refractivity contribution in [3.8, 4) is 0 Å². The Morgan fingerprint density at radius 3 is 3.00 bits per heavy atom. The van der Waals surface area contributed by atoms with Crippen LogP contribution in [0.3, 0.4) is 0 Å². The topological polar surface area (TPSA) is 58.4 Å². The van der Waals surface area contributed by atoms with Gasteiger partial charge in [-0.25, -0.2) is 0 Å². The molecule has 2 unspecified atom stereocenters. The molecule has 1 aromatic carbocycles. The molecular formula is C16H22ClN3O. The van der Waals surface area contributed by atoms with Crippen molar-refractivity contribution in [3.05, 3.63) is 23.2 Å². The van der Waals surface area contributed by atoms with Crippen molar-refractivity contribution in [1.82, 2.24) is 4.90 Å². The van der Waals surface area contributed by atoms with Crippen LogP contribution in [0.1, 0.15) is 32.1 Å². The molecule has 1 saturated carbocycles.